The number of hydrogen-bond donors (Lipinski definition) is 2. The van der Waals surface area contributed by atoms with Gasteiger partial charge in [-0.25, -0.2) is 8.78 Å². The quantitative estimate of drug-likeness (QED) is 0.735. The van der Waals surface area contributed by atoms with Gasteiger partial charge in [0.2, 0.25) is 5.92 Å². The fourth-order valence-corrected chi connectivity index (χ4v) is 3.72. The number of fused-ring (bicyclic) bond motifs is 1. The molecule has 1 fully saturated rings. The first kappa shape index (κ1) is 15.3. The molecule has 0 amide bonds. The third-order valence-electron chi connectivity index (χ3n) is 5.13. The van der Waals surface area contributed by atoms with Crippen molar-refractivity contribution in [2.45, 2.75) is 45.0 Å². The molecule has 0 aliphatic heterocycles. The second-order valence-corrected chi connectivity index (χ2v) is 6.80. The molecule has 4 rings (SSSR count). The predicted octanol–water partition coefficient (Wildman–Crippen LogP) is 4.63. The minimum Gasteiger partial charge on any atom is -0.360 e. The van der Waals surface area contributed by atoms with Gasteiger partial charge in [-0.2, -0.15) is 5.10 Å². The highest BCUT2D eigenvalue weighted by molar-refractivity contribution is 5.86. The first-order chi connectivity index (χ1) is 11.5. The van der Waals surface area contributed by atoms with E-state index in [1.54, 1.807) is 6.20 Å². The molecule has 3 aromatic heterocycles. The number of nitrogens with zero attached hydrogens (tertiary/aromatic N) is 2. The Hall–Kier alpha value is -2.24. The van der Waals surface area contributed by atoms with Crippen molar-refractivity contribution in [3.63, 3.8) is 0 Å². The number of aromatic nitrogens is 4. The third-order valence-corrected chi connectivity index (χ3v) is 5.13. The van der Waals surface area contributed by atoms with Gasteiger partial charge in [-0.15, -0.1) is 0 Å². The van der Waals surface area contributed by atoms with Crippen molar-refractivity contribution >= 4 is 11.0 Å². The predicted molar refractivity (Wildman–Crippen MR) is 89.0 cm³/mol. The number of pyridine rings is 1. The van der Waals surface area contributed by atoms with Crippen molar-refractivity contribution in [2.75, 3.05) is 0 Å². The monoisotopic (exact) mass is 330 g/mol. The van der Waals surface area contributed by atoms with E-state index in [1.165, 1.54) is 0 Å². The summed E-state index contributed by atoms with van der Waals surface area (Å²) in [5.74, 6) is -2.20. The average molecular weight is 330 g/mol. The van der Waals surface area contributed by atoms with Crippen molar-refractivity contribution in [1.82, 2.24) is 20.2 Å². The standard InChI is InChI=1S/C18H20F2N4/c1-11-14(10-23-24-11)15-9-22-16-4-7-21-17(16)13(15)8-12-2-5-18(19,20)6-3-12/h4,7,9-10,12,21H,2-3,5-6,8H2,1H3,(H,23,24). The number of halogens is 2. The average Bonchev–Trinajstić information content (AvgIpc) is 3.18. The lowest BCUT2D eigenvalue weighted by Crippen LogP contribution is -2.25. The Labute approximate surface area is 138 Å². The molecule has 6 heteroatoms. The molecule has 3 heterocycles. The highest BCUT2D eigenvalue weighted by Crippen LogP contribution is 2.39. The first-order valence-corrected chi connectivity index (χ1v) is 8.37. The summed E-state index contributed by atoms with van der Waals surface area (Å²) in [5.41, 5.74) is 6.12. The molecule has 3 aromatic rings. The fourth-order valence-electron chi connectivity index (χ4n) is 3.72. The molecule has 1 aliphatic rings. The third kappa shape index (κ3) is 2.70. The highest BCUT2D eigenvalue weighted by atomic mass is 19.3. The maximum atomic E-state index is 13.4. The summed E-state index contributed by atoms with van der Waals surface area (Å²) < 4.78 is 26.9. The Morgan fingerprint density at radius 2 is 2.00 bits per heavy atom. The molecule has 0 aromatic carbocycles. The molecule has 126 valence electrons. The molecule has 0 saturated heterocycles. The molecule has 0 atom stereocenters. The van der Waals surface area contributed by atoms with Crippen molar-refractivity contribution in [2.24, 2.45) is 5.92 Å². The number of nitrogens with one attached hydrogen (secondary N) is 2. The Morgan fingerprint density at radius 3 is 2.71 bits per heavy atom. The van der Waals surface area contributed by atoms with Crippen LogP contribution in [0.4, 0.5) is 8.78 Å². The van der Waals surface area contributed by atoms with Gasteiger partial charge in [0.15, 0.2) is 0 Å². The smallest absolute Gasteiger partial charge is 0.248 e. The van der Waals surface area contributed by atoms with Gasteiger partial charge in [-0.3, -0.25) is 10.1 Å². The minimum atomic E-state index is -2.49. The number of hydrogen-bond acceptors (Lipinski definition) is 2. The van der Waals surface area contributed by atoms with E-state index in [0.29, 0.717) is 12.8 Å². The number of aryl methyl sites for hydroxylation is 1. The largest absolute Gasteiger partial charge is 0.360 e. The zero-order chi connectivity index (χ0) is 16.7. The molecular formula is C18H20F2N4. The van der Waals surface area contributed by atoms with Crippen molar-refractivity contribution in [3.8, 4) is 11.1 Å². The highest BCUT2D eigenvalue weighted by Gasteiger charge is 2.35. The van der Waals surface area contributed by atoms with Gasteiger partial charge in [0.25, 0.3) is 0 Å². The molecule has 1 aliphatic carbocycles. The number of rotatable bonds is 3. The van der Waals surface area contributed by atoms with E-state index < -0.39 is 5.92 Å². The fraction of sp³-hybridized carbons (Fsp3) is 0.444. The molecule has 4 nitrogen and oxygen atoms in total. The summed E-state index contributed by atoms with van der Waals surface area (Å²) >= 11 is 0. The van der Waals surface area contributed by atoms with E-state index in [9.17, 15) is 8.78 Å². The van der Waals surface area contributed by atoms with Crippen LogP contribution in [0.15, 0.2) is 24.7 Å². The van der Waals surface area contributed by atoms with E-state index in [0.717, 1.165) is 39.8 Å². The SMILES string of the molecule is Cc1[nH]ncc1-c1cnc2cc[nH]c2c1CC1CCC(F)(F)CC1. The lowest BCUT2D eigenvalue weighted by atomic mass is 9.81. The van der Waals surface area contributed by atoms with Crippen LogP contribution in [0, 0.1) is 12.8 Å². The van der Waals surface area contributed by atoms with Gasteiger partial charge in [-0.05, 0) is 43.7 Å². The topological polar surface area (TPSA) is 57.4 Å². The van der Waals surface area contributed by atoms with Crippen LogP contribution in [-0.2, 0) is 6.42 Å². The lowest BCUT2D eigenvalue weighted by Gasteiger charge is -2.28. The summed E-state index contributed by atoms with van der Waals surface area (Å²) in [6.45, 7) is 1.98. The summed E-state index contributed by atoms with van der Waals surface area (Å²) in [4.78, 5) is 7.80. The summed E-state index contributed by atoms with van der Waals surface area (Å²) in [7, 11) is 0. The van der Waals surface area contributed by atoms with Crippen LogP contribution < -0.4 is 0 Å². The van der Waals surface area contributed by atoms with E-state index in [2.05, 4.69) is 20.2 Å². The molecule has 0 radical (unpaired) electrons. The Bertz CT molecular complexity index is 855. The Kier molecular flexibility index (Phi) is 3.62. The second kappa shape index (κ2) is 5.69. The van der Waals surface area contributed by atoms with Crippen LogP contribution in [0.2, 0.25) is 0 Å². The van der Waals surface area contributed by atoms with Crippen LogP contribution in [0.3, 0.4) is 0 Å². The second-order valence-electron chi connectivity index (χ2n) is 6.80. The van der Waals surface area contributed by atoms with Crippen LogP contribution in [0.25, 0.3) is 22.2 Å². The lowest BCUT2D eigenvalue weighted by molar-refractivity contribution is -0.0456. The Morgan fingerprint density at radius 1 is 1.21 bits per heavy atom. The molecular weight excluding hydrogens is 310 g/mol. The molecule has 24 heavy (non-hydrogen) atoms. The summed E-state index contributed by atoms with van der Waals surface area (Å²) in [6.07, 6.45) is 7.48. The molecule has 0 spiro atoms. The van der Waals surface area contributed by atoms with Crippen molar-refractivity contribution < 1.29 is 8.78 Å². The number of alkyl halides is 2. The summed E-state index contributed by atoms with van der Waals surface area (Å²) in [6, 6.07) is 1.94. The van der Waals surface area contributed by atoms with E-state index in [4.69, 9.17) is 0 Å². The summed E-state index contributed by atoms with van der Waals surface area (Å²) in [5, 5.41) is 7.07. The van der Waals surface area contributed by atoms with E-state index in [-0.39, 0.29) is 18.8 Å². The van der Waals surface area contributed by atoms with Crippen molar-refractivity contribution in [1.29, 1.82) is 0 Å². The first-order valence-electron chi connectivity index (χ1n) is 8.37. The van der Waals surface area contributed by atoms with Gasteiger partial charge in [-0.1, -0.05) is 0 Å². The Balaban J connectivity index is 1.73. The zero-order valence-corrected chi connectivity index (χ0v) is 13.6. The maximum absolute atomic E-state index is 13.4. The van der Waals surface area contributed by atoms with Gasteiger partial charge in [0.1, 0.15) is 0 Å². The van der Waals surface area contributed by atoms with Crippen LogP contribution in [-0.4, -0.2) is 26.1 Å². The number of H-pyrrole nitrogens is 2. The molecule has 1 saturated carbocycles. The molecule has 0 unspecified atom stereocenters. The van der Waals surface area contributed by atoms with Crippen molar-refractivity contribution in [3.05, 3.63) is 35.9 Å². The van der Waals surface area contributed by atoms with E-state index >= 15 is 0 Å². The van der Waals surface area contributed by atoms with E-state index in [1.807, 2.05) is 25.4 Å². The van der Waals surface area contributed by atoms with Gasteiger partial charge < -0.3 is 4.98 Å². The molecule has 2 N–H and O–H groups in total. The molecule has 0 bridgehead atoms. The van der Waals surface area contributed by atoms with Gasteiger partial charge in [0, 0.05) is 42.1 Å². The van der Waals surface area contributed by atoms with Crippen LogP contribution in [0.5, 0.6) is 0 Å². The maximum Gasteiger partial charge on any atom is 0.248 e. The van der Waals surface area contributed by atoms with Gasteiger partial charge >= 0.3 is 0 Å². The minimum absolute atomic E-state index is 0.00328. The number of aromatic amines is 2. The normalized spacial score (nSPS) is 18.3. The zero-order valence-electron chi connectivity index (χ0n) is 13.6. The van der Waals surface area contributed by atoms with Gasteiger partial charge in [0.05, 0.1) is 17.2 Å². The van der Waals surface area contributed by atoms with Crippen LogP contribution >= 0.6 is 0 Å². The van der Waals surface area contributed by atoms with Crippen LogP contribution in [0.1, 0.15) is 36.9 Å².